The van der Waals surface area contributed by atoms with Crippen LogP contribution in [0.25, 0.3) is 11.3 Å². The molecule has 1 saturated carbocycles. The molecular formula is C21H25N5OS. The first-order valence-corrected chi connectivity index (χ1v) is 10.9. The monoisotopic (exact) mass is 395 g/mol. The highest BCUT2D eigenvalue weighted by atomic mass is 32.1. The molecule has 146 valence electrons. The van der Waals surface area contributed by atoms with Crippen LogP contribution in [0, 0.1) is 0 Å². The van der Waals surface area contributed by atoms with E-state index in [4.69, 9.17) is 0 Å². The molecule has 2 aromatic heterocycles. The van der Waals surface area contributed by atoms with Gasteiger partial charge in [0, 0.05) is 23.9 Å². The molecule has 0 unspecified atom stereocenters. The van der Waals surface area contributed by atoms with Crippen LogP contribution in [-0.4, -0.2) is 32.4 Å². The third-order valence-electron chi connectivity index (χ3n) is 5.19. The molecule has 7 heteroatoms. The summed E-state index contributed by atoms with van der Waals surface area (Å²) >= 11 is 1.62. The molecule has 0 saturated heterocycles. The van der Waals surface area contributed by atoms with Gasteiger partial charge in [-0.1, -0.05) is 61.2 Å². The Balaban J connectivity index is 1.28. The molecule has 1 aliphatic rings. The number of hydrogen-bond donors (Lipinski definition) is 1. The number of thiazole rings is 1. The van der Waals surface area contributed by atoms with Crippen LogP contribution in [0.1, 0.15) is 60.1 Å². The highest BCUT2D eigenvalue weighted by Crippen LogP contribution is 2.26. The summed E-state index contributed by atoms with van der Waals surface area (Å²) in [5.74, 6) is -0.167. The van der Waals surface area contributed by atoms with Crippen LogP contribution in [0.3, 0.4) is 0 Å². The standard InChI is InChI=1S/C21H25N5OS/c27-21(18-14-26(25-24-18)17-10-6-1-2-7-11-17)22-13-12-20-23-19(15-28-20)16-8-4-3-5-9-16/h3-5,8-9,14-15,17H,1-2,6-7,10-13H2,(H,22,27). The van der Waals surface area contributed by atoms with Gasteiger partial charge in [-0.2, -0.15) is 0 Å². The molecule has 0 radical (unpaired) electrons. The van der Waals surface area contributed by atoms with Gasteiger partial charge in [-0.05, 0) is 12.8 Å². The quantitative estimate of drug-likeness (QED) is 0.633. The average molecular weight is 396 g/mol. The molecule has 6 nitrogen and oxygen atoms in total. The van der Waals surface area contributed by atoms with Crippen molar-refractivity contribution in [2.24, 2.45) is 0 Å². The van der Waals surface area contributed by atoms with Gasteiger partial charge in [-0.3, -0.25) is 4.79 Å². The van der Waals surface area contributed by atoms with Gasteiger partial charge >= 0.3 is 0 Å². The second kappa shape index (κ2) is 9.10. The van der Waals surface area contributed by atoms with E-state index in [1.165, 1.54) is 25.7 Å². The SMILES string of the molecule is O=C(NCCc1nc(-c2ccccc2)cs1)c1cn(C2CCCCCC2)nn1. The van der Waals surface area contributed by atoms with Crippen molar-refractivity contribution in [3.05, 3.63) is 52.6 Å². The molecule has 3 aromatic rings. The molecule has 2 heterocycles. The van der Waals surface area contributed by atoms with E-state index in [2.05, 4.69) is 38.1 Å². The smallest absolute Gasteiger partial charge is 0.273 e. The molecule has 4 rings (SSSR count). The van der Waals surface area contributed by atoms with Crippen LogP contribution in [0.5, 0.6) is 0 Å². The Bertz CT molecular complexity index is 896. The first-order chi connectivity index (χ1) is 13.8. The van der Waals surface area contributed by atoms with Gasteiger partial charge in [0.1, 0.15) is 0 Å². The number of nitrogens with zero attached hydrogens (tertiary/aromatic N) is 4. The second-order valence-electron chi connectivity index (χ2n) is 7.23. The van der Waals surface area contributed by atoms with Crippen molar-refractivity contribution in [1.82, 2.24) is 25.3 Å². The predicted molar refractivity (Wildman–Crippen MR) is 110 cm³/mol. The van der Waals surface area contributed by atoms with E-state index < -0.39 is 0 Å². The number of aromatic nitrogens is 4. The van der Waals surface area contributed by atoms with Crippen LogP contribution >= 0.6 is 11.3 Å². The van der Waals surface area contributed by atoms with Crippen LogP contribution in [0.4, 0.5) is 0 Å². The van der Waals surface area contributed by atoms with Gasteiger partial charge in [0.25, 0.3) is 5.91 Å². The largest absolute Gasteiger partial charge is 0.350 e. The van der Waals surface area contributed by atoms with Crippen molar-refractivity contribution < 1.29 is 4.79 Å². The summed E-state index contributed by atoms with van der Waals surface area (Å²) in [6.45, 7) is 0.539. The van der Waals surface area contributed by atoms with E-state index in [-0.39, 0.29) is 5.91 Å². The van der Waals surface area contributed by atoms with Gasteiger partial charge in [-0.25, -0.2) is 9.67 Å². The van der Waals surface area contributed by atoms with E-state index >= 15 is 0 Å². The lowest BCUT2D eigenvalue weighted by Crippen LogP contribution is -2.26. The molecule has 0 atom stereocenters. The van der Waals surface area contributed by atoms with Crippen molar-refractivity contribution in [2.75, 3.05) is 6.54 Å². The van der Waals surface area contributed by atoms with Crippen molar-refractivity contribution >= 4 is 17.2 Å². The van der Waals surface area contributed by atoms with E-state index in [9.17, 15) is 4.79 Å². The Labute approximate surface area is 169 Å². The summed E-state index contributed by atoms with van der Waals surface area (Å²) in [4.78, 5) is 17.0. The van der Waals surface area contributed by atoms with Gasteiger partial charge < -0.3 is 5.32 Å². The molecule has 1 N–H and O–H groups in total. The second-order valence-corrected chi connectivity index (χ2v) is 8.17. The van der Waals surface area contributed by atoms with Crippen molar-refractivity contribution in [3.8, 4) is 11.3 Å². The summed E-state index contributed by atoms with van der Waals surface area (Å²) in [6.07, 6.45) is 9.79. The zero-order chi connectivity index (χ0) is 19.2. The Morgan fingerprint density at radius 1 is 1.14 bits per heavy atom. The maximum absolute atomic E-state index is 12.4. The Hall–Kier alpha value is -2.54. The van der Waals surface area contributed by atoms with Crippen molar-refractivity contribution in [2.45, 2.75) is 51.0 Å². The third-order valence-corrected chi connectivity index (χ3v) is 6.10. The van der Waals surface area contributed by atoms with E-state index in [1.54, 1.807) is 17.5 Å². The van der Waals surface area contributed by atoms with Gasteiger partial charge in [-0.15, -0.1) is 16.4 Å². The lowest BCUT2D eigenvalue weighted by atomic mass is 10.1. The maximum atomic E-state index is 12.4. The zero-order valence-electron chi connectivity index (χ0n) is 15.9. The fourth-order valence-electron chi connectivity index (χ4n) is 3.62. The number of nitrogens with one attached hydrogen (secondary N) is 1. The topological polar surface area (TPSA) is 72.7 Å². The summed E-state index contributed by atoms with van der Waals surface area (Å²) < 4.78 is 1.88. The normalized spacial score (nSPS) is 15.3. The molecule has 0 aliphatic heterocycles. The number of hydrogen-bond acceptors (Lipinski definition) is 5. The average Bonchev–Trinajstić information content (AvgIpc) is 3.33. The lowest BCUT2D eigenvalue weighted by molar-refractivity contribution is 0.0949. The summed E-state index contributed by atoms with van der Waals surface area (Å²) in [5, 5.41) is 14.3. The molecule has 28 heavy (non-hydrogen) atoms. The van der Waals surface area contributed by atoms with Gasteiger partial charge in [0.2, 0.25) is 0 Å². The lowest BCUT2D eigenvalue weighted by Gasteiger charge is -2.12. The van der Waals surface area contributed by atoms with Gasteiger partial charge in [0.05, 0.1) is 22.9 Å². The molecule has 1 fully saturated rings. The van der Waals surface area contributed by atoms with E-state index in [1.807, 2.05) is 22.9 Å². The Morgan fingerprint density at radius 3 is 2.71 bits per heavy atom. The zero-order valence-corrected chi connectivity index (χ0v) is 16.7. The summed E-state index contributed by atoms with van der Waals surface area (Å²) in [5.41, 5.74) is 2.50. The molecule has 0 bridgehead atoms. The minimum Gasteiger partial charge on any atom is -0.350 e. The predicted octanol–water partition coefficient (Wildman–Crippen LogP) is 4.27. The Kier molecular flexibility index (Phi) is 6.11. The highest BCUT2D eigenvalue weighted by Gasteiger charge is 2.18. The highest BCUT2D eigenvalue weighted by molar-refractivity contribution is 7.09. The summed E-state index contributed by atoms with van der Waals surface area (Å²) in [6, 6.07) is 10.5. The number of carbonyl (C=O) groups is 1. The summed E-state index contributed by atoms with van der Waals surface area (Å²) in [7, 11) is 0. The van der Waals surface area contributed by atoms with Crippen LogP contribution in [0.2, 0.25) is 0 Å². The van der Waals surface area contributed by atoms with E-state index in [0.717, 1.165) is 29.1 Å². The van der Waals surface area contributed by atoms with E-state index in [0.29, 0.717) is 24.7 Å². The molecule has 1 aliphatic carbocycles. The number of carbonyl (C=O) groups excluding carboxylic acids is 1. The van der Waals surface area contributed by atoms with Crippen LogP contribution < -0.4 is 5.32 Å². The number of benzene rings is 1. The Morgan fingerprint density at radius 2 is 1.93 bits per heavy atom. The van der Waals surface area contributed by atoms with Crippen LogP contribution in [-0.2, 0) is 6.42 Å². The first kappa shape index (κ1) is 18.8. The molecular weight excluding hydrogens is 370 g/mol. The molecule has 1 aromatic carbocycles. The maximum Gasteiger partial charge on any atom is 0.273 e. The minimum atomic E-state index is -0.167. The minimum absolute atomic E-state index is 0.167. The fraction of sp³-hybridized carbons (Fsp3) is 0.429. The van der Waals surface area contributed by atoms with Crippen molar-refractivity contribution in [3.63, 3.8) is 0 Å². The van der Waals surface area contributed by atoms with Gasteiger partial charge in [0.15, 0.2) is 5.69 Å². The molecule has 1 amide bonds. The fourth-order valence-corrected chi connectivity index (χ4v) is 4.43. The number of amides is 1. The molecule has 0 spiro atoms. The van der Waals surface area contributed by atoms with Crippen molar-refractivity contribution in [1.29, 1.82) is 0 Å². The third kappa shape index (κ3) is 4.65. The number of rotatable bonds is 6. The van der Waals surface area contributed by atoms with Crippen LogP contribution in [0.15, 0.2) is 41.9 Å². The first-order valence-electron chi connectivity index (χ1n) is 9.99.